The largest absolute Gasteiger partial charge is 0.343 e. The number of amides is 2. The third kappa shape index (κ3) is 4.74. The van der Waals surface area contributed by atoms with E-state index in [1.54, 1.807) is 29.2 Å². The first-order chi connectivity index (χ1) is 13.1. The van der Waals surface area contributed by atoms with E-state index < -0.39 is 0 Å². The molecule has 0 aliphatic carbocycles. The number of hydrogen-bond donors (Lipinski definition) is 1. The van der Waals surface area contributed by atoms with Crippen molar-refractivity contribution in [3.8, 4) is 0 Å². The number of halogens is 1. The van der Waals surface area contributed by atoms with Crippen molar-refractivity contribution in [3.63, 3.8) is 0 Å². The lowest BCUT2D eigenvalue weighted by molar-refractivity contribution is -0.131. The number of hydrogen-bond acceptors (Lipinski definition) is 3. The first-order valence-corrected chi connectivity index (χ1v) is 9.34. The van der Waals surface area contributed by atoms with Gasteiger partial charge in [-0.2, -0.15) is 0 Å². The Bertz CT molecular complexity index is 830. The highest BCUT2D eigenvalue weighted by Crippen LogP contribution is 2.22. The smallest absolute Gasteiger partial charge is 0.253 e. The Kier molecular flexibility index (Phi) is 6.24. The predicted molar refractivity (Wildman–Crippen MR) is 104 cm³/mol. The summed E-state index contributed by atoms with van der Waals surface area (Å²) in [6.45, 7) is 0.954. The number of ketones is 1. The van der Waals surface area contributed by atoms with Gasteiger partial charge in [-0.3, -0.25) is 14.4 Å². The van der Waals surface area contributed by atoms with E-state index in [9.17, 15) is 14.4 Å². The van der Waals surface area contributed by atoms with Crippen molar-refractivity contribution in [1.82, 2.24) is 10.2 Å². The normalized spacial score (nSPS) is 14.6. The van der Waals surface area contributed by atoms with Gasteiger partial charge >= 0.3 is 0 Å². The lowest BCUT2D eigenvalue weighted by Crippen LogP contribution is -2.45. The molecule has 2 amide bonds. The molecule has 0 aromatic heterocycles. The van der Waals surface area contributed by atoms with Crippen LogP contribution in [0.25, 0.3) is 0 Å². The summed E-state index contributed by atoms with van der Waals surface area (Å²) in [6.07, 6.45) is 1.27. The molecule has 0 bridgehead atoms. The summed E-state index contributed by atoms with van der Waals surface area (Å²) in [6, 6.07) is 15.9. The zero-order valence-electron chi connectivity index (χ0n) is 14.9. The van der Waals surface area contributed by atoms with Gasteiger partial charge in [-0.25, -0.2) is 0 Å². The summed E-state index contributed by atoms with van der Waals surface area (Å²) < 4.78 is 0. The Labute approximate surface area is 163 Å². The second-order valence-electron chi connectivity index (χ2n) is 6.55. The van der Waals surface area contributed by atoms with Gasteiger partial charge in [0, 0.05) is 24.6 Å². The maximum atomic E-state index is 12.5. The summed E-state index contributed by atoms with van der Waals surface area (Å²) in [5.41, 5.74) is 1.06. The van der Waals surface area contributed by atoms with Crippen molar-refractivity contribution in [3.05, 3.63) is 70.7 Å². The maximum absolute atomic E-state index is 12.5. The summed E-state index contributed by atoms with van der Waals surface area (Å²) in [5, 5.41) is 2.96. The van der Waals surface area contributed by atoms with Crippen molar-refractivity contribution < 1.29 is 14.4 Å². The van der Waals surface area contributed by atoms with E-state index in [0.29, 0.717) is 42.1 Å². The van der Waals surface area contributed by atoms with Crippen LogP contribution in [0.15, 0.2) is 54.6 Å². The maximum Gasteiger partial charge on any atom is 0.253 e. The zero-order chi connectivity index (χ0) is 19.2. The van der Waals surface area contributed by atoms with Crippen LogP contribution in [0.3, 0.4) is 0 Å². The molecule has 1 aliphatic rings. The van der Waals surface area contributed by atoms with Gasteiger partial charge in [-0.15, -0.1) is 0 Å². The summed E-state index contributed by atoms with van der Waals surface area (Å²) in [5.74, 6) is -0.451. The molecule has 0 unspecified atom stereocenters. The summed E-state index contributed by atoms with van der Waals surface area (Å²) >= 11 is 5.99. The molecule has 0 spiro atoms. The standard InChI is InChI=1S/C21H21ClN2O3/c22-18-9-5-4-8-17(18)21(27)23-14-19(25)24-12-10-16(11-13-24)20(26)15-6-2-1-3-7-15/h1-9,16H,10-14H2,(H,23,27). The third-order valence-electron chi connectivity index (χ3n) is 4.80. The molecule has 1 N–H and O–H groups in total. The topological polar surface area (TPSA) is 66.5 Å². The minimum Gasteiger partial charge on any atom is -0.343 e. The Morgan fingerprint density at radius 1 is 0.963 bits per heavy atom. The van der Waals surface area contributed by atoms with E-state index >= 15 is 0 Å². The molecule has 5 nitrogen and oxygen atoms in total. The SMILES string of the molecule is O=C(NCC(=O)N1CCC(C(=O)c2ccccc2)CC1)c1ccccc1Cl. The van der Waals surface area contributed by atoms with Crippen molar-refractivity contribution in [1.29, 1.82) is 0 Å². The lowest BCUT2D eigenvalue weighted by Gasteiger charge is -2.31. The predicted octanol–water partition coefficient (Wildman–Crippen LogP) is 3.19. The quantitative estimate of drug-likeness (QED) is 0.805. The average molecular weight is 385 g/mol. The van der Waals surface area contributed by atoms with Crippen LogP contribution in [0.1, 0.15) is 33.6 Å². The van der Waals surface area contributed by atoms with Gasteiger partial charge in [0.2, 0.25) is 5.91 Å². The van der Waals surface area contributed by atoms with Gasteiger partial charge in [-0.1, -0.05) is 54.1 Å². The molecule has 2 aromatic carbocycles. The van der Waals surface area contributed by atoms with Gasteiger partial charge in [0.05, 0.1) is 17.1 Å². The second kappa shape index (κ2) is 8.82. The van der Waals surface area contributed by atoms with Crippen LogP contribution >= 0.6 is 11.6 Å². The number of rotatable bonds is 5. The third-order valence-corrected chi connectivity index (χ3v) is 5.13. The highest BCUT2D eigenvalue weighted by molar-refractivity contribution is 6.33. The van der Waals surface area contributed by atoms with E-state index in [4.69, 9.17) is 11.6 Å². The number of nitrogens with one attached hydrogen (secondary N) is 1. The number of piperidine rings is 1. The number of likely N-dealkylation sites (tertiary alicyclic amines) is 1. The van der Waals surface area contributed by atoms with Crippen LogP contribution in [-0.2, 0) is 4.79 Å². The summed E-state index contributed by atoms with van der Waals surface area (Å²) in [7, 11) is 0. The van der Waals surface area contributed by atoms with E-state index in [2.05, 4.69) is 5.32 Å². The van der Waals surface area contributed by atoms with Crippen LogP contribution in [0.5, 0.6) is 0 Å². The molecule has 1 aliphatic heterocycles. The monoisotopic (exact) mass is 384 g/mol. The number of carbonyl (C=O) groups excluding carboxylic acids is 3. The van der Waals surface area contributed by atoms with Gasteiger partial charge in [0.15, 0.2) is 5.78 Å². The first-order valence-electron chi connectivity index (χ1n) is 8.96. The van der Waals surface area contributed by atoms with Crippen LogP contribution in [0.4, 0.5) is 0 Å². The zero-order valence-corrected chi connectivity index (χ0v) is 15.6. The Balaban J connectivity index is 1.48. The fourth-order valence-electron chi connectivity index (χ4n) is 3.24. The minimum atomic E-state index is -0.372. The molecule has 2 aromatic rings. The van der Waals surface area contributed by atoms with Crippen LogP contribution < -0.4 is 5.32 Å². The van der Waals surface area contributed by atoms with E-state index in [-0.39, 0.29) is 30.1 Å². The highest BCUT2D eigenvalue weighted by Gasteiger charge is 2.28. The molecule has 1 saturated heterocycles. The average Bonchev–Trinajstić information content (AvgIpc) is 2.72. The van der Waals surface area contributed by atoms with Crippen LogP contribution in [0.2, 0.25) is 5.02 Å². The molecule has 6 heteroatoms. The van der Waals surface area contributed by atoms with Gasteiger partial charge in [-0.05, 0) is 25.0 Å². The molecule has 1 heterocycles. The Morgan fingerprint density at radius 3 is 2.26 bits per heavy atom. The molecule has 27 heavy (non-hydrogen) atoms. The lowest BCUT2D eigenvalue weighted by atomic mass is 9.89. The number of nitrogens with zero attached hydrogens (tertiary/aromatic N) is 1. The molecular weight excluding hydrogens is 364 g/mol. The summed E-state index contributed by atoms with van der Waals surface area (Å²) in [4.78, 5) is 38.7. The van der Waals surface area contributed by atoms with E-state index in [1.165, 1.54) is 0 Å². The number of Topliss-reactive ketones (excluding diaryl/α,β-unsaturated/α-hetero) is 1. The molecule has 0 saturated carbocycles. The number of carbonyl (C=O) groups is 3. The minimum absolute atomic E-state index is 0.0610. The Morgan fingerprint density at radius 2 is 1.59 bits per heavy atom. The highest BCUT2D eigenvalue weighted by atomic mass is 35.5. The molecule has 3 rings (SSSR count). The van der Waals surface area contributed by atoms with Crippen LogP contribution in [-0.4, -0.2) is 42.1 Å². The Hall–Kier alpha value is -2.66. The molecular formula is C21H21ClN2O3. The molecule has 0 atom stereocenters. The second-order valence-corrected chi connectivity index (χ2v) is 6.96. The van der Waals surface area contributed by atoms with E-state index in [1.807, 2.05) is 30.3 Å². The van der Waals surface area contributed by atoms with Crippen LogP contribution in [0, 0.1) is 5.92 Å². The van der Waals surface area contributed by atoms with Crippen molar-refractivity contribution >= 4 is 29.2 Å². The molecule has 0 radical (unpaired) electrons. The van der Waals surface area contributed by atoms with Gasteiger partial charge in [0.1, 0.15) is 0 Å². The molecule has 1 fully saturated rings. The fourth-order valence-corrected chi connectivity index (χ4v) is 3.46. The first kappa shape index (κ1) is 19.1. The molecule has 140 valence electrons. The van der Waals surface area contributed by atoms with Crippen molar-refractivity contribution in [2.75, 3.05) is 19.6 Å². The van der Waals surface area contributed by atoms with E-state index in [0.717, 1.165) is 0 Å². The number of benzene rings is 2. The van der Waals surface area contributed by atoms with Crippen molar-refractivity contribution in [2.45, 2.75) is 12.8 Å². The van der Waals surface area contributed by atoms with Gasteiger partial charge in [0.25, 0.3) is 5.91 Å². The fraction of sp³-hybridized carbons (Fsp3) is 0.286. The van der Waals surface area contributed by atoms with Gasteiger partial charge < -0.3 is 10.2 Å². The van der Waals surface area contributed by atoms with Crippen molar-refractivity contribution in [2.24, 2.45) is 5.92 Å².